The van der Waals surface area contributed by atoms with Crippen molar-refractivity contribution >= 4 is 5.97 Å². The second-order valence-corrected chi connectivity index (χ2v) is 6.46. The predicted molar refractivity (Wildman–Crippen MR) is 81.1 cm³/mol. The highest BCUT2D eigenvalue weighted by Gasteiger charge is 2.47. The van der Waals surface area contributed by atoms with Crippen LogP contribution in [0.4, 0.5) is 0 Å². The molecule has 5 atom stereocenters. The molecule has 0 amide bonds. The molecule has 3 N–H and O–H groups in total. The van der Waals surface area contributed by atoms with Gasteiger partial charge in [0.05, 0.1) is 18.2 Å². The summed E-state index contributed by atoms with van der Waals surface area (Å²) in [7, 11) is 0. The third-order valence-corrected chi connectivity index (χ3v) is 5.14. The van der Waals surface area contributed by atoms with Gasteiger partial charge in [0.25, 0.3) is 0 Å². The summed E-state index contributed by atoms with van der Waals surface area (Å²) in [6.07, 6.45) is 1.60. The second kappa shape index (κ2) is 6.66. The molecule has 2 aliphatic heterocycles. The number of aliphatic hydroxyl groups excluding tert-OH is 2. The summed E-state index contributed by atoms with van der Waals surface area (Å²) in [5, 5.41) is 30.3. The Morgan fingerprint density at radius 2 is 2.23 bits per heavy atom. The van der Waals surface area contributed by atoms with E-state index in [0.29, 0.717) is 6.42 Å². The largest absolute Gasteiger partial charge is 0.459 e. The SMILES string of the molecule is CC[C@H](C)[C@@](O)(C(=O)OCC1=CCN2CC[C@@H](O)[C@@H]12)[C@H](C)O. The monoisotopic (exact) mass is 313 g/mol. The molecule has 2 aliphatic rings. The lowest BCUT2D eigenvalue weighted by Gasteiger charge is -2.34. The molecular formula is C16H27NO5. The summed E-state index contributed by atoms with van der Waals surface area (Å²) in [5.41, 5.74) is -1.03. The Kier molecular flexibility index (Phi) is 5.27. The van der Waals surface area contributed by atoms with Gasteiger partial charge in [0.1, 0.15) is 6.61 Å². The van der Waals surface area contributed by atoms with Gasteiger partial charge in [0.2, 0.25) is 0 Å². The molecule has 0 aromatic rings. The molecule has 6 heteroatoms. The van der Waals surface area contributed by atoms with E-state index in [9.17, 15) is 20.1 Å². The minimum Gasteiger partial charge on any atom is -0.459 e. The Balaban J connectivity index is 2.00. The Morgan fingerprint density at radius 3 is 2.82 bits per heavy atom. The summed E-state index contributed by atoms with van der Waals surface area (Å²) in [4.78, 5) is 14.4. The van der Waals surface area contributed by atoms with Gasteiger partial charge in [-0.1, -0.05) is 26.3 Å². The number of ether oxygens (including phenoxy) is 1. The van der Waals surface area contributed by atoms with Crippen molar-refractivity contribution in [2.75, 3.05) is 19.7 Å². The van der Waals surface area contributed by atoms with Crippen LogP contribution in [0.1, 0.15) is 33.6 Å². The third kappa shape index (κ3) is 2.93. The van der Waals surface area contributed by atoms with Crippen LogP contribution in [0, 0.1) is 5.92 Å². The standard InChI is InChI=1S/C16H27NO5/c1-4-10(2)16(21,11(3)18)15(20)22-9-12-5-7-17-8-6-13(19)14(12)17/h5,10-11,13-14,18-19,21H,4,6-9H2,1-3H3/t10-,11-,13+,14+,16-/m0/s1. The Morgan fingerprint density at radius 1 is 1.55 bits per heavy atom. The van der Waals surface area contributed by atoms with Crippen LogP contribution in [0.5, 0.6) is 0 Å². The van der Waals surface area contributed by atoms with Crippen molar-refractivity contribution in [3.05, 3.63) is 11.6 Å². The van der Waals surface area contributed by atoms with Gasteiger partial charge in [-0.2, -0.15) is 0 Å². The van der Waals surface area contributed by atoms with Crippen molar-refractivity contribution in [1.29, 1.82) is 0 Å². The number of nitrogens with zero attached hydrogens (tertiary/aromatic N) is 1. The summed E-state index contributed by atoms with van der Waals surface area (Å²) in [6.45, 7) is 6.58. The van der Waals surface area contributed by atoms with E-state index in [1.54, 1.807) is 6.92 Å². The first-order chi connectivity index (χ1) is 10.3. The van der Waals surface area contributed by atoms with Crippen LogP contribution < -0.4 is 0 Å². The van der Waals surface area contributed by atoms with Gasteiger partial charge >= 0.3 is 5.97 Å². The fourth-order valence-corrected chi connectivity index (χ4v) is 3.38. The average Bonchev–Trinajstić information content (AvgIpc) is 3.06. The van der Waals surface area contributed by atoms with Gasteiger partial charge in [0, 0.05) is 13.1 Å². The maximum Gasteiger partial charge on any atom is 0.341 e. The highest BCUT2D eigenvalue weighted by atomic mass is 16.6. The number of aliphatic hydroxyl groups is 3. The van der Waals surface area contributed by atoms with Gasteiger partial charge in [0.15, 0.2) is 5.60 Å². The second-order valence-electron chi connectivity index (χ2n) is 6.46. The minimum atomic E-state index is -1.90. The van der Waals surface area contributed by atoms with Crippen molar-refractivity contribution in [1.82, 2.24) is 4.90 Å². The van der Waals surface area contributed by atoms with Gasteiger partial charge < -0.3 is 20.1 Å². The van der Waals surface area contributed by atoms with Gasteiger partial charge in [-0.3, -0.25) is 4.90 Å². The summed E-state index contributed by atoms with van der Waals surface area (Å²) < 4.78 is 5.28. The fourth-order valence-electron chi connectivity index (χ4n) is 3.38. The Hall–Kier alpha value is -0.950. The van der Waals surface area contributed by atoms with Crippen LogP contribution in [0.25, 0.3) is 0 Å². The van der Waals surface area contributed by atoms with Crippen LogP contribution in [0.2, 0.25) is 0 Å². The third-order valence-electron chi connectivity index (χ3n) is 5.14. The van der Waals surface area contributed by atoms with Gasteiger partial charge in [-0.15, -0.1) is 0 Å². The number of hydrogen-bond acceptors (Lipinski definition) is 6. The van der Waals surface area contributed by atoms with Crippen molar-refractivity contribution in [3.63, 3.8) is 0 Å². The summed E-state index contributed by atoms with van der Waals surface area (Å²) >= 11 is 0. The average molecular weight is 313 g/mol. The highest BCUT2D eigenvalue weighted by Crippen LogP contribution is 2.30. The van der Waals surface area contributed by atoms with Crippen LogP contribution in [0.15, 0.2) is 11.6 Å². The van der Waals surface area contributed by atoms with Crippen molar-refractivity contribution in [2.45, 2.75) is 57.5 Å². The number of carbonyl (C=O) groups excluding carboxylic acids is 1. The lowest BCUT2D eigenvalue weighted by molar-refractivity contribution is -0.185. The van der Waals surface area contributed by atoms with Crippen molar-refractivity contribution < 1.29 is 24.9 Å². The van der Waals surface area contributed by atoms with E-state index >= 15 is 0 Å². The first-order valence-electron chi connectivity index (χ1n) is 8.01. The molecule has 22 heavy (non-hydrogen) atoms. The molecule has 1 saturated heterocycles. The topological polar surface area (TPSA) is 90.2 Å². The number of esters is 1. The van der Waals surface area contributed by atoms with Crippen molar-refractivity contribution in [2.24, 2.45) is 5.92 Å². The molecule has 0 unspecified atom stereocenters. The van der Waals surface area contributed by atoms with Crippen molar-refractivity contribution in [3.8, 4) is 0 Å². The summed E-state index contributed by atoms with van der Waals surface area (Å²) in [5.74, 6) is -1.21. The van der Waals surface area contributed by atoms with E-state index in [1.807, 2.05) is 13.0 Å². The van der Waals surface area contributed by atoms with E-state index in [-0.39, 0.29) is 12.6 Å². The molecule has 0 spiro atoms. The van der Waals surface area contributed by atoms with Gasteiger partial charge in [-0.25, -0.2) is 4.79 Å². The lowest BCUT2D eigenvalue weighted by Crippen LogP contribution is -2.54. The minimum absolute atomic E-state index is 0.0442. The molecule has 1 fully saturated rings. The zero-order chi connectivity index (χ0) is 16.5. The van der Waals surface area contributed by atoms with E-state index < -0.39 is 29.7 Å². The lowest BCUT2D eigenvalue weighted by atomic mass is 9.82. The molecule has 0 aromatic carbocycles. The smallest absolute Gasteiger partial charge is 0.341 e. The molecule has 0 bridgehead atoms. The molecular weight excluding hydrogens is 286 g/mol. The van der Waals surface area contributed by atoms with Crippen LogP contribution >= 0.6 is 0 Å². The zero-order valence-corrected chi connectivity index (χ0v) is 13.5. The molecule has 0 radical (unpaired) electrons. The normalized spacial score (nSPS) is 30.4. The van der Waals surface area contributed by atoms with Crippen LogP contribution in [0.3, 0.4) is 0 Å². The van der Waals surface area contributed by atoms with Crippen LogP contribution in [-0.2, 0) is 9.53 Å². The number of hydrogen-bond donors (Lipinski definition) is 3. The zero-order valence-electron chi connectivity index (χ0n) is 13.5. The molecule has 2 heterocycles. The quantitative estimate of drug-likeness (QED) is 0.475. The molecule has 126 valence electrons. The molecule has 6 nitrogen and oxygen atoms in total. The fraction of sp³-hybridized carbons (Fsp3) is 0.812. The summed E-state index contributed by atoms with van der Waals surface area (Å²) in [6, 6.07) is -0.0870. The maximum atomic E-state index is 12.3. The van der Waals surface area contributed by atoms with Gasteiger partial charge in [-0.05, 0) is 24.8 Å². The Labute approximate surface area is 131 Å². The number of rotatable bonds is 6. The predicted octanol–water partition coefficient (Wildman–Crippen LogP) is 0.0628. The van der Waals surface area contributed by atoms with E-state index in [0.717, 1.165) is 25.1 Å². The van der Waals surface area contributed by atoms with E-state index in [1.165, 1.54) is 6.92 Å². The maximum absolute atomic E-state index is 12.3. The Bertz CT molecular complexity index is 450. The molecule has 0 aromatic heterocycles. The molecule has 0 saturated carbocycles. The number of carbonyl (C=O) groups is 1. The molecule has 2 rings (SSSR count). The highest BCUT2D eigenvalue weighted by molar-refractivity contribution is 5.80. The first kappa shape index (κ1) is 17.4. The molecule has 0 aliphatic carbocycles. The van der Waals surface area contributed by atoms with Crippen LogP contribution in [-0.4, -0.2) is 69.7 Å². The van der Waals surface area contributed by atoms with E-state index in [4.69, 9.17) is 4.74 Å². The first-order valence-corrected chi connectivity index (χ1v) is 8.01. The number of fused-ring (bicyclic) bond motifs is 1. The van der Waals surface area contributed by atoms with E-state index in [2.05, 4.69) is 4.90 Å².